The van der Waals surface area contributed by atoms with Crippen molar-refractivity contribution >= 4 is 11.8 Å². The van der Waals surface area contributed by atoms with Gasteiger partial charge in [-0.1, -0.05) is 0 Å². The zero-order valence-corrected chi connectivity index (χ0v) is 11.7. The molecule has 6 heteroatoms. The Balaban J connectivity index is 1.59. The minimum atomic E-state index is -0.405. The molecule has 3 fully saturated rings. The first kappa shape index (κ1) is 13.8. The van der Waals surface area contributed by atoms with Gasteiger partial charge in [-0.15, -0.1) is 0 Å². The van der Waals surface area contributed by atoms with E-state index in [9.17, 15) is 9.59 Å². The maximum absolute atomic E-state index is 12.5. The van der Waals surface area contributed by atoms with E-state index >= 15 is 0 Å². The highest BCUT2D eigenvalue weighted by Gasteiger charge is 2.41. The molecule has 1 aliphatic carbocycles. The number of ether oxygens (including phenoxy) is 1. The summed E-state index contributed by atoms with van der Waals surface area (Å²) in [6.07, 6.45) is 4.92. The fraction of sp³-hybridized carbons (Fsp3) is 0.857. The van der Waals surface area contributed by atoms with Crippen LogP contribution in [0.3, 0.4) is 0 Å². The van der Waals surface area contributed by atoms with Crippen molar-refractivity contribution in [3.05, 3.63) is 0 Å². The number of carbonyl (C=O) groups is 2. The van der Waals surface area contributed by atoms with Crippen molar-refractivity contribution < 1.29 is 14.3 Å². The number of hydrogen-bond donors (Lipinski definition) is 2. The van der Waals surface area contributed by atoms with E-state index in [2.05, 4.69) is 5.32 Å². The summed E-state index contributed by atoms with van der Waals surface area (Å²) >= 11 is 0. The number of nitrogens with zero attached hydrogens (tertiary/aromatic N) is 1. The van der Waals surface area contributed by atoms with Gasteiger partial charge in [-0.05, 0) is 38.5 Å². The van der Waals surface area contributed by atoms with Crippen molar-refractivity contribution in [2.75, 3.05) is 13.1 Å². The van der Waals surface area contributed by atoms with Crippen LogP contribution in [0.2, 0.25) is 0 Å². The van der Waals surface area contributed by atoms with E-state index in [1.807, 2.05) is 0 Å². The summed E-state index contributed by atoms with van der Waals surface area (Å²) in [4.78, 5) is 26.4. The molecule has 3 rings (SSSR count). The number of nitrogens with one attached hydrogen (secondary N) is 1. The summed E-state index contributed by atoms with van der Waals surface area (Å²) < 4.78 is 5.66. The van der Waals surface area contributed by atoms with E-state index in [4.69, 9.17) is 10.5 Å². The lowest BCUT2D eigenvalue weighted by Gasteiger charge is -2.26. The van der Waals surface area contributed by atoms with E-state index in [0.29, 0.717) is 25.6 Å². The number of hydrogen-bond acceptors (Lipinski definition) is 4. The molecule has 112 valence electrons. The van der Waals surface area contributed by atoms with Gasteiger partial charge >= 0.3 is 0 Å². The summed E-state index contributed by atoms with van der Waals surface area (Å²) in [7, 11) is 0. The molecular formula is C14H23N3O3. The van der Waals surface area contributed by atoms with Crippen LogP contribution in [0.4, 0.5) is 0 Å². The van der Waals surface area contributed by atoms with E-state index in [-0.39, 0.29) is 24.0 Å². The minimum Gasteiger partial charge on any atom is -0.364 e. The number of nitrogens with two attached hydrogens (primary N) is 1. The quantitative estimate of drug-likeness (QED) is 0.745. The van der Waals surface area contributed by atoms with Crippen LogP contribution in [-0.4, -0.2) is 54.1 Å². The molecule has 3 N–H and O–H groups in total. The van der Waals surface area contributed by atoms with Crippen LogP contribution in [0.5, 0.6) is 0 Å². The first-order valence-corrected chi connectivity index (χ1v) is 7.65. The summed E-state index contributed by atoms with van der Waals surface area (Å²) in [5, 5.41) is 3.00. The zero-order valence-electron chi connectivity index (χ0n) is 11.7. The molecule has 20 heavy (non-hydrogen) atoms. The zero-order chi connectivity index (χ0) is 14.1. The molecule has 0 aromatic rings. The van der Waals surface area contributed by atoms with Gasteiger partial charge in [0.1, 0.15) is 12.1 Å². The summed E-state index contributed by atoms with van der Waals surface area (Å²) in [5.41, 5.74) is 5.57. The summed E-state index contributed by atoms with van der Waals surface area (Å²) in [6.45, 7) is 1.12. The van der Waals surface area contributed by atoms with Gasteiger partial charge < -0.3 is 20.7 Å². The maximum Gasteiger partial charge on any atom is 0.252 e. The highest BCUT2D eigenvalue weighted by atomic mass is 16.5. The van der Waals surface area contributed by atoms with Crippen molar-refractivity contribution in [2.24, 2.45) is 5.73 Å². The van der Waals surface area contributed by atoms with Crippen molar-refractivity contribution in [1.29, 1.82) is 0 Å². The van der Waals surface area contributed by atoms with Crippen LogP contribution >= 0.6 is 0 Å². The normalized spacial score (nSPS) is 33.5. The van der Waals surface area contributed by atoms with Crippen molar-refractivity contribution in [1.82, 2.24) is 10.2 Å². The van der Waals surface area contributed by atoms with Crippen LogP contribution in [-0.2, 0) is 14.3 Å². The van der Waals surface area contributed by atoms with Crippen LogP contribution < -0.4 is 11.1 Å². The molecule has 0 spiro atoms. The maximum atomic E-state index is 12.5. The molecular weight excluding hydrogens is 258 g/mol. The van der Waals surface area contributed by atoms with Crippen LogP contribution in [0.25, 0.3) is 0 Å². The molecule has 2 saturated heterocycles. The number of rotatable bonds is 4. The average Bonchev–Trinajstić information content (AvgIpc) is 2.99. The molecule has 3 atom stereocenters. The van der Waals surface area contributed by atoms with Gasteiger partial charge in [0.15, 0.2) is 0 Å². The Morgan fingerprint density at radius 3 is 2.65 bits per heavy atom. The third-order valence-electron chi connectivity index (χ3n) is 4.41. The van der Waals surface area contributed by atoms with E-state index in [0.717, 1.165) is 32.1 Å². The smallest absolute Gasteiger partial charge is 0.252 e. The molecule has 0 aromatic carbocycles. The lowest BCUT2D eigenvalue weighted by Crippen LogP contribution is -2.49. The molecule has 2 heterocycles. The van der Waals surface area contributed by atoms with Gasteiger partial charge in [0.05, 0.1) is 6.10 Å². The van der Waals surface area contributed by atoms with Gasteiger partial charge in [-0.25, -0.2) is 0 Å². The van der Waals surface area contributed by atoms with Gasteiger partial charge in [-0.2, -0.15) is 0 Å². The Labute approximate surface area is 119 Å². The van der Waals surface area contributed by atoms with Crippen molar-refractivity contribution in [2.45, 2.75) is 62.8 Å². The van der Waals surface area contributed by atoms with E-state index < -0.39 is 6.10 Å². The predicted molar refractivity (Wildman–Crippen MR) is 72.8 cm³/mol. The third kappa shape index (κ3) is 2.81. The third-order valence-corrected chi connectivity index (χ3v) is 4.41. The second-order valence-corrected chi connectivity index (χ2v) is 6.03. The Bertz CT molecular complexity index is 397. The fourth-order valence-corrected chi connectivity index (χ4v) is 3.07. The molecule has 2 aliphatic heterocycles. The van der Waals surface area contributed by atoms with Crippen molar-refractivity contribution in [3.63, 3.8) is 0 Å². The van der Waals surface area contributed by atoms with Crippen LogP contribution in [0.15, 0.2) is 0 Å². The molecule has 0 bridgehead atoms. The lowest BCUT2D eigenvalue weighted by atomic mass is 10.1. The fourth-order valence-electron chi connectivity index (χ4n) is 3.07. The Morgan fingerprint density at radius 1 is 1.20 bits per heavy atom. The van der Waals surface area contributed by atoms with Crippen LogP contribution in [0.1, 0.15) is 38.5 Å². The topological polar surface area (TPSA) is 84.7 Å². The Hall–Kier alpha value is -1.14. The van der Waals surface area contributed by atoms with Crippen LogP contribution in [0, 0.1) is 0 Å². The number of likely N-dealkylation sites (tertiary alicyclic amines) is 1. The van der Waals surface area contributed by atoms with E-state index in [1.54, 1.807) is 4.90 Å². The first-order valence-electron chi connectivity index (χ1n) is 7.65. The van der Waals surface area contributed by atoms with Gasteiger partial charge in [0, 0.05) is 19.1 Å². The van der Waals surface area contributed by atoms with Gasteiger partial charge in [0.2, 0.25) is 5.91 Å². The van der Waals surface area contributed by atoms with Gasteiger partial charge in [-0.3, -0.25) is 9.59 Å². The molecule has 3 unspecified atom stereocenters. The lowest BCUT2D eigenvalue weighted by molar-refractivity contribution is -0.147. The van der Waals surface area contributed by atoms with Gasteiger partial charge in [0.25, 0.3) is 5.91 Å². The highest BCUT2D eigenvalue weighted by molar-refractivity contribution is 5.90. The molecule has 1 saturated carbocycles. The number of amides is 2. The second-order valence-electron chi connectivity index (χ2n) is 6.03. The SMILES string of the molecule is NCC1CCC(C(=O)N2CCCC2C(=O)NC2CC2)O1. The summed E-state index contributed by atoms with van der Waals surface area (Å²) in [6, 6.07) is 0.0352. The molecule has 6 nitrogen and oxygen atoms in total. The highest BCUT2D eigenvalue weighted by Crippen LogP contribution is 2.26. The summed E-state index contributed by atoms with van der Waals surface area (Å²) in [5.74, 6) is -0.0267. The molecule has 2 amide bonds. The van der Waals surface area contributed by atoms with E-state index in [1.165, 1.54) is 0 Å². The second kappa shape index (κ2) is 5.69. The Morgan fingerprint density at radius 2 is 2.00 bits per heavy atom. The van der Waals surface area contributed by atoms with Crippen molar-refractivity contribution in [3.8, 4) is 0 Å². The first-order chi connectivity index (χ1) is 9.69. The molecule has 0 radical (unpaired) electrons. The average molecular weight is 281 g/mol. The monoisotopic (exact) mass is 281 g/mol. The minimum absolute atomic E-state index is 0.00622. The predicted octanol–water partition coefficient (Wildman–Crippen LogP) is -0.238. The largest absolute Gasteiger partial charge is 0.364 e. The molecule has 3 aliphatic rings. The number of carbonyl (C=O) groups excluding carboxylic acids is 2. The molecule has 0 aromatic heterocycles. The standard InChI is InChI=1S/C14H23N3O3/c15-8-10-5-6-12(20-10)14(19)17-7-1-2-11(17)13(18)16-9-3-4-9/h9-12H,1-8,15H2,(H,16,18). The Kier molecular flexibility index (Phi) is 3.94.